The maximum atomic E-state index is 13.3. The second kappa shape index (κ2) is 7.01. The molecule has 6 heteroatoms. The highest BCUT2D eigenvalue weighted by atomic mass is 16.4. The van der Waals surface area contributed by atoms with Crippen LogP contribution < -0.4 is 10.9 Å². The summed E-state index contributed by atoms with van der Waals surface area (Å²) in [5.41, 5.74) is 2.06. The van der Waals surface area contributed by atoms with Gasteiger partial charge in [-0.3, -0.25) is 9.69 Å². The Labute approximate surface area is 170 Å². The Hall–Kier alpha value is -2.63. The predicted octanol–water partition coefficient (Wildman–Crippen LogP) is 4.23. The largest absolute Gasteiger partial charge is 0.423 e. The number of benzene rings is 1. The van der Waals surface area contributed by atoms with Gasteiger partial charge in [0.05, 0.1) is 6.54 Å². The number of urea groups is 1. The van der Waals surface area contributed by atoms with E-state index in [2.05, 4.69) is 19.2 Å². The van der Waals surface area contributed by atoms with Crippen molar-refractivity contribution in [2.45, 2.75) is 71.4 Å². The van der Waals surface area contributed by atoms with Crippen molar-refractivity contribution in [3.05, 3.63) is 45.3 Å². The standard InChI is InChI=1S/C23H28N2O4/c1-13(2)17-11-18-16(10-20(26)29-19(18)9-14(17)3)12-25-21(27)23(24-22(25)28)8-6-5-7-15(23)4/h9-11,13,15H,5-8,12H2,1-4H3,(H,24,28)/t15-,23-/m1/s1. The van der Waals surface area contributed by atoms with Crippen LogP contribution in [-0.4, -0.2) is 22.4 Å². The maximum Gasteiger partial charge on any atom is 0.336 e. The van der Waals surface area contributed by atoms with Gasteiger partial charge in [-0.25, -0.2) is 9.59 Å². The summed E-state index contributed by atoms with van der Waals surface area (Å²) in [5.74, 6) is 0.236. The summed E-state index contributed by atoms with van der Waals surface area (Å²) in [5, 5.41) is 3.75. The summed E-state index contributed by atoms with van der Waals surface area (Å²) in [4.78, 5) is 39.5. The number of rotatable bonds is 3. The summed E-state index contributed by atoms with van der Waals surface area (Å²) in [6.07, 6.45) is 3.60. The van der Waals surface area contributed by atoms with Crippen molar-refractivity contribution in [3.63, 3.8) is 0 Å². The van der Waals surface area contributed by atoms with Gasteiger partial charge < -0.3 is 9.73 Å². The second-order valence-electron chi connectivity index (χ2n) is 8.89. The minimum atomic E-state index is -0.801. The van der Waals surface area contributed by atoms with Crippen LogP contribution in [0.4, 0.5) is 4.79 Å². The van der Waals surface area contributed by atoms with E-state index in [1.54, 1.807) is 0 Å². The molecule has 29 heavy (non-hydrogen) atoms. The zero-order valence-electron chi connectivity index (χ0n) is 17.5. The number of imide groups is 1. The third kappa shape index (κ3) is 3.15. The maximum absolute atomic E-state index is 13.3. The summed E-state index contributed by atoms with van der Waals surface area (Å²) < 4.78 is 5.40. The Morgan fingerprint density at radius 1 is 1.21 bits per heavy atom. The molecule has 1 aromatic carbocycles. The Balaban J connectivity index is 1.76. The molecule has 0 bridgehead atoms. The van der Waals surface area contributed by atoms with Gasteiger partial charge in [-0.05, 0) is 60.4 Å². The van der Waals surface area contributed by atoms with Gasteiger partial charge in [0, 0.05) is 11.5 Å². The summed E-state index contributed by atoms with van der Waals surface area (Å²) in [7, 11) is 0. The minimum absolute atomic E-state index is 0.0713. The fourth-order valence-corrected chi connectivity index (χ4v) is 4.95. The second-order valence-corrected chi connectivity index (χ2v) is 8.89. The zero-order chi connectivity index (χ0) is 20.9. The molecule has 1 aliphatic heterocycles. The van der Waals surface area contributed by atoms with Crippen LogP contribution in [0.15, 0.2) is 27.4 Å². The van der Waals surface area contributed by atoms with E-state index in [0.717, 1.165) is 35.8 Å². The lowest BCUT2D eigenvalue weighted by molar-refractivity contribution is -0.134. The van der Waals surface area contributed by atoms with Crippen LogP contribution in [0.25, 0.3) is 11.0 Å². The molecule has 3 amide bonds. The topological polar surface area (TPSA) is 79.6 Å². The highest BCUT2D eigenvalue weighted by molar-refractivity contribution is 6.07. The van der Waals surface area contributed by atoms with Crippen molar-refractivity contribution < 1.29 is 14.0 Å². The quantitative estimate of drug-likeness (QED) is 0.622. The highest BCUT2D eigenvalue weighted by Gasteiger charge is 2.54. The summed E-state index contributed by atoms with van der Waals surface area (Å²) in [6, 6.07) is 4.91. The number of aryl methyl sites for hydroxylation is 1. The van der Waals surface area contributed by atoms with Crippen molar-refractivity contribution in [3.8, 4) is 0 Å². The molecular weight excluding hydrogens is 368 g/mol. The van der Waals surface area contributed by atoms with E-state index >= 15 is 0 Å². The monoisotopic (exact) mass is 396 g/mol. The molecule has 2 atom stereocenters. The van der Waals surface area contributed by atoms with Crippen molar-refractivity contribution in [1.82, 2.24) is 10.2 Å². The molecule has 0 unspecified atom stereocenters. The lowest BCUT2D eigenvalue weighted by atomic mass is 9.73. The summed E-state index contributed by atoms with van der Waals surface area (Å²) >= 11 is 0. The predicted molar refractivity (Wildman–Crippen MR) is 111 cm³/mol. The third-order valence-electron chi connectivity index (χ3n) is 6.67. The molecule has 1 saturated heterocycles. The van der Waals surface area contributed by atoms with E-state index in [-0.39, 0.29) is 24.4 Å². The third-order valence-corrected chi connectivity index (χ3v) is 6.67. The van der Waals surface area contributed by atoms with Crippen LogP contribution in [0.3, 0.4) is 0 Å². The molecule has 2 aromatic rings. The number of hydrogen-bond donors (Lipinski definition) is 1. The van der Waals surface area contributed by atoms with Crippen LogP contribution in [0.1, 0.15) is 69.1 Å². The van der Waals surface area contributed by atoms with Crippen LogP contribution >= 0.6 is 0 Å². The van der Waals surface area contributed by atoms with Crippen LogP contribution in [0.5, 0.6) is 0 Å². The van der Waals surface area contributed by atoms with Gasteiger partial charge in [0.1, 0.15) is 11.1 Å². The number of carbonyl (C=O) groups is 2. The van der Waals surface area contributed by atoms with Crippen molar-refractivity contribution in [1.29, 1.82) is 0 Å². The van der Waals surface area contributed by atoms with Crippen LogP contribution in [-0.2, 0) is 11.3 Å². The van der Waals surface area contributed by atoms with E-state index in [0.29, 0.717) is 23.5 Å². The highest BCUT2D eigenvalue weighted by Crippen LogP contribution is 2.39. The molecule has 1 N–H and O–H groups in total. The number of nitrogens with one attached hydrogen (secondary N) is 1. The minimum Gasteiger partial charge on any atom is -0.423 e. The van der Waals surface area contributed by atoms with Gasteiger partial charge in [-0.2, -0.15) is 0 Å². The SMILES string of the molecule is Cc1cc2oc(=O)cc(CN3C(=O)N[C@@]4(CCCC[C@H]4C)C3=O)c2cc1C(C)C. The molecule has 2 heterocycles. The van der Waals surface area contributed by atoms with E-state index in [1.807, 2.05) is 26.0 Å². The Morgan fingerprint density at radius 2 is 1.97 bits per heavy atom. The number of carbonyl (C=O) groups excluding carboxylic acids is 2. The average molecular weight is 396 g/mol. The lowest BCUT2D eigenvalue weighted by Gasteiger charge is -2.36. The van der Waals surface area contributed by atoms with E-state index in [9.17, 15) is 14.4 Å². The van der Waals surface area contributed by atoms with Gasteiger partial charge >= 0.3 is 11.7 Å². The fraction of sp³-hybridized carbons (Fsp3) is 0.522. The molecule has 4 rings (SSSR count). The summed E-state index contributed by atoms with van der Waals surface area (Å²) in [6.45, 7) is 8.32. The average Bonchev–Trinajstić information content (AvgIpc) is 2.88. The normalized spacial score (nSPS) is 24.7. The Kier molecular flexibility index (Phi) is 4.75. The molecule has 154 valence electrons. The first-order valence-corrected chi connectivity index (χ1v) is 10.4. The van der Waals surface area contributed by atoms with E-state index < -0.39 is 11.2 Å². The van der Waals surface area contributed by atoms with Crippen molar-refractivity contribution >= 4 is 22.9 Å². The molecule has 2 fully saturated rings. The van der Waals surface area contributed by atoms with Crippen molar-refractivity contribution in [2.75, 3.05) is 0 Å². The van der Waals surface area contributed by atoms with E-state index in [1.165, 1.54) is 11.0 Å². The molecule has 2 aliphatic rings. The van der Waals surface area contributed by atoms with Gasteiger partial charge in [-0.1, -0.05) is 33.6 Å². The van der Waals surface area contributed by atoms with Crippen LogP contribution in [0, 0.1) is 12.8 Å². The first-order valence-electron chi connectivity index (χ1n) is 10.4. The molecule has 1 aliphatic carbocycles. The van der Waals surface area contributed by atoms with Crippen LogP contribution in [0.2, 0.25) is 0 Å². The Morgan fingerprint density at radius 3 is 2.66 bits per heavy atom. The van der Waals surface area contributed by atoms with E-state index in [4.69, 9.17) is 4.42 Å². The van der Waals surface area contributed by atoms with Crippen molar-refractivity contribution in [2.24, 2.45) is 5.92 Å². The van der Waals surface area contributed by atoms with Gasteiger partial charge in [-0.15, -0.1) is 0 Å². The Bertz CT molecular complexity index is 1050. The zero-order valence-corrected chi connectivity index (χ0v) is 17.5. The number of hydrogen-bond acceptors (Lipinski definition) is 4. The molecule has 1 saturated carbocycles. The number of amides is 3. The van der Waals surface area contributed by atoms with Gasteiger partial charge in [0.2, 0.25) is 0 Å². The molecule has 6 nitrogen and oxygen atoms in total. The van der Waals surface area contributed by atoms with Gasteiger partial charge in [0.15, 0.2) is 0 Å². The fourth-order valence-electron chi connectivity index (χ4n) is 4.95. The van der Waals surface area contributed by atoms with Gasteiger partial charge in [0.25, 0.3) is 5.91 Å². The molecule has 1 aromatic heterocycles. The molecule has 0 radical (unpaired) electrons. The first kappa shape index (κ1) is 19.7. The molecular formula is C23H28N2O4. The molecule has 1 spiro atoms. The smallest absolute Gasteiger partial charge is 0.336 e. The number of nitrogens with zero attached hydrogens (tertiary/aromatic N) is 1. The lowest BCUT2D eigenvalue weighted by Crippen LogP contribution is -2.53. The first-order chi connectivity index (χ1) is 13.7. The number of fused-ring (bicyclic) bond motifs is 1.